The number of Topliss-reactive ketones (excluding diaryl/α,β-unsaturated/α-hetero) is 1. The molecule has 1 amide bonds. The van der Waals surface area contributed by atoms with Gasteiger partial charge in [0.05, 0.1) is 16.6 Å². The number of carbonyl (C=O) groups is 2. The minimum atomic E-state index is -0.685. The molecule has 0 saturated heterocycles. The Balaban J connectivity index is 2.27. The SMILES string of the molecule is CCC(C)NC(=O)Cn1c(=O)n(-c2cccc(C(C)=O)c2)c(=O)c2ccc(Cl)cc21. The Kier molecular flexibility index (Phi) is 6.22. The summed E-state index contributed by atoms with van der Waals surface area (Å²) in [4.78, 5) is 50.7. The fourth-order valence-corrected chi connectivity index (χ4v) is 3.32. The van der Waals surface area contributed by atoms with Crippen LogP contribution in [-0.2, 0) is 11.3 Å². The van der Waals surface area contributed by atoms with Crippen molar-refractivity contribution in [3.8, 4) is 5.69 Å². The topological polar surface area (TPSA) is 90.2 Å². The van der Waals surface area contributed by atoms with Gasteiger partial charge < -0.3 is 5.32 Å². The Hall–Kier alpha value is -3.19. The number of carbonyl (C=O) groups excluding carboxylic acids is 2. The van der Waals surface area contributed by atoms with E-state index in [0.29, 0.717) is 10.6 Å². The van der Waals surface area contributed by atoms with Crippen LogP contribution >= 0.6 is 11.6 Å². The first-order valence-electron chi connectivity index (χ1n) is 9.58. The summed E-state index contributed by atoms with van der Waals surface area (Å²) in [5, 5.41) is 3.40. The molecule has 0 radical (unpaired) electrons. The number of ketones is 1. The second-order valence-electron chi connectivity index (χ2n) is 7.15. The molecule has 30 heavy (non-hydrogen) atoms. The molecule has 0 aliphatic rings. The number of hydrogen-bond donors (Lipinski definition) is 1. The molecule has 0 spiro atoms. The van der Waals surface area contributed by atoms with E-state index in [4.69, 9.17) is 11.6 Å². The highest BCUT2D eigenvalue weighted by molar-refractivity contribution is 6.31. The van der Waals surface area contributed by atoms with E-state index < -0.39 is 11.2 Å². The van der Waals surface area contributed by atoms with E-state index in [-0.39, 0.29) is 40.9 Å². The summed E-state index contributed by atoms with van der Waals surface area (Å²) < 4.78 is 2.19. The van der Waals surface area contributed by atoms with Crippen LogP contribution in [0.2, 0.25) is 5.02 Å². The maximum Gasteiger partial charge on any atom is 0.336 e. The van der Waals surface area contributed by atoms with Crippen molar-refractivity contribution in [3.63, 3.8) is 0 Å². The van der Waals surface area contributed by atoms with Crippen molar-refractivity contribution in [1.29, 1.82) is 0 Å². The summed E-state index contributed by atoms with van der Waals surface area (Å²) in [5.41, 5.74) is -0.335. The number of hydrogen-bond acceptors (Lipinski definition) is 4. The van der Waals surface area contributed by atoms with Crippen LogP contribution in [0.15, 0.2) is 52.1 Å². The second-order valence-corrected chi connectivity index (χ2v) is 7.59. The predicted molar refractivity (Wildman–Crippen MR) is 117 cm³/mol. The lowest BCUT2D eigenvalue weighted by Crippen LogP contribution is -2.43. The Bertz CT molecular complexity index is 1260. The Morgan fingerprint density at radius 3 is 2.53 bits per heavy atom. The number of halogens is 1. The van der Waals surface area contributed by atoms with Gasteiger partial charge in [0.1, 0.15) is 6.54 Å². The number of amides is 1. The van der Waals surface area contributed by atoms with Crippen LogP contribution < -0.4 is 16.6 Å². The van der Waals surface area contributed by atoms with Gasteiger partial charge >= 0.3 is 5.69 Å². The average molecular weight is 428 g/mol. The molecule has 0 saturated carbocycles. The lowest BCUT2D eigenvalue weighted by molar-refractivity contribution is -0.122. The van der Waals surface area contributed by atoms with E-state index in [9.17, 15) is 19.2 Å². The Morgan fingerprint density at radius 1 is 1.13 bits per heavy atom. The molecule has 1 heterocycles. The molecule has 0 bridgehead atoms. The summed E-state index contributed by atoms with van der Waals surface area (Å²) >= 11 is 6.09. The summed E-state index contributed by atoms with van der Waals surface area (Å²) in [5.74, 6) is -0.541. The van der Waals surface area contributed by atoms with Crippen LogP contribution in [0.5, 0.6) is 0 Å². The molecule has 0 aliphatic carbocycles. The summed E-state index contributed by atoms with van der Waals surface area (Å²) in [6, 6.07) is 10.8. The highest BCUT2D eigenvalue weighted by atomic mass is 35.5. The summed E-state index contributed by atoms with van der Waals surface area (Å²) in [7, 11) is 0. The molecule has 1 atom stereocenters. The molecule has 8 heteroatoms. The fraction of sp³-hybridized carbons (Fsp3) is 0.273. The van der Waals surface area contributed by atoms with E-state index in [1.807, 2.05) is 13.8 Å². The maximum atomic E-state index is 13.3. The third-order valence-electron chi connectivity index (χ3n) is 4.94. The van der Waals surface area contributed by atoms with Gasteiger partial charge in [-0.1, -0.05) is 30.7 Å². The molecule has 1 aromatic heterocycles. The normalized spacial score (nSPS) is 12.0. The van der Waals surface area contributed by atoms with Crippen molar-refractivity contribution in [2.24, 2.45) is 0 Å². The summed E-state index contributed by atoms with van der Waals surface area (Å²) in [6.45, 7) is 4.94. The smallest absolute Gasteiger partial charge is 0.336 e. The predicted octanol–water partition coefficient (Wildman–Crippen LogP) is 2.92. The molecule has 156 valence electrons. The van der Waals surface area contributed by atoms with Crippen molar-refractivity contribution >= 4 is 34.2 Å². The van der Waals surface area contributed by atoms with Gasteiger partial charge in [-0.2, -0.15) is 0 Å². The molecule has 2 aromatic carbocycles. The average Bonchev–Trinajstić information content (AvgIpc) is 2.71. The lowest BCUT2D eigenvalue weighted by atomic mass is 10.1. The van der Waals surface area contributed by atoms with Crippen molar-refractivity contribution in [1.82, 2.24) is 14.5 Å². The van der Waals surface area contributed by atoms with E-state index >= 15 is 0 Å². The molecule has 3 aromatic rings. The van der Waals surface area contributed by atoms with Crippen LogP contribution in [0, 0.1) is 0 Å². The number of aromatic nitrogens is 2. The zero-order valence-corrected chi connectivity index (χ0v) is 17.7. The fourth-order valence-electron chi connectivity index (χ4n) is 3.15. The number of benzene rings is 2. The Morgan fingerprint density at radius 2 is 1.87 bits per heavy atom. The van der Waals surface area contributed by atoms with Crippen molar-refractivity contribution in [2.45, 2.75) is 39.8 Å². The molecular formula is C22H22ClN3O4. The standard InChI is InChI=1S/C22H22ClN3O4/c1-4-13(2)24-20(28)12-25-19-11-16(23)8-9-18(19)21(29)26(22(25)30)17-7-5-6-15(10-17)14(3)27/h5-11,13H,4,12H2,1-3H3,(H,24,28). The monoisotopic (exact) mass is 427 g/mol. The molecule has 0 aliphatic heterocycles. The number of fused-ring (bicyclic) bond motifs is 1. The van der Waals surface area contributed by atoms with Crippen LogP contribution in [0.4, 0.5) is 0 Å². The molecular weight excluding hydrogens is 406 g/mol. The third kappa shape index (κ3) is 4.21. The van der Waals surface area contributed by atoms with Gasteiger partial charge in [0, 0.05) is 16.6 Å². The van der Waals surface area contributed by atoms with Gasteiger partial charge in [-0.3, -0.25) is 19.0 Å². The lowest BCUT2D eigenvalue weighted by Gasteiger charge is -2.16. The highest BCUT2D eigenvalue weighted by Gasteiger charge is 2.18. The molecule has 1 unspecified atom stereocenters. The molecule has 1 N–H and O–H groups in total. The van der Waals surface area contributed by atoms with Crippen LogP contribution in [0.1, 0.15) is 37.6 Å². The second kappa shape index (κ2) is 8.67. The number of nitrogens with zero attached hydrogens (tertiary/aromatic N) is 2. The third-order valence-corrected chi connectivity index (χ3v) is 5.17. The minimum absolute atomic E-state index is 0.0544. The van der Waals surface area contributed by atoms with Gasteiger partial charge in [0.15, 0.2) is 5.78 Å². The number of nitrogens with one attached hydrogen (secondary N) is 1. The van der Waals surface area contributed by atoms with Gasteiger partial charge in [0.25, 0.3) is 5.56 Å². The quantitative estimate of drug-likeness (QED) is 0.612. The van der Waals surface area contributed by atoms with E-state index in [0.717, 1.165) is 11.0 Å². The van der Waals surface area contributed by atoms with E-state index in [1.165, 1.54) is 29.7 Å². The van der Waals surface area contributed by atoms with Crippen LogP contribution in [0.25, 0.3) is 16.6 Å². The van der Waals surface area contributed by atoms with Gasteiger partial charge in [-0.15, -0.1) is 0 Å². The molecule has 3 rings (SSSR count). The molecule has 0 fully saturated rings. The van der Waals surface area contributed by atoms with Crippen molar-refractivity contribution < 1.29 is 9.59 Å². The summed E-state index contributed by atoms with van der Waals surface area (Å²) in [6.07, 6.45) is 0.741. The van der Waals surface area contributed by atoms with Crippen molar-refractivity contribution in [3.05, 3.63) is 73.9 Å². The van der Waals surface area contributed by atoms with Crippen LogP contribution in [-0.4, -0.2) is 26.9 Å². The minimum Gasteiger partial charge on any atom is -0.352 e. The largest absolute Gasteiger partial charge is 0.352 e. The van der Waals surface area contributed by atoms with Gasteiger partial charge in [0.2, 0.25) is 5.91 Å². The zero-order chi connectivity index (χ0) is 22.0. The first-order valence-corrected chi connectivity index (χ1v) is 9.96. The van der Waals surface area contributed by atoms with E-state index in [1.54, 1.807) is 24.3 Å². The zero-order valence-electron chi connectivity index (χ0n) is 16.9. The first-order chi connectivity index (χ1) is 14.2. The Labute approximate surface area is 177 Å². The van der Waals surface area contributed by atoms with Gasteiger partial charge in [-0.05, 0) is 50.6 Å². The maximum absolute atomic E-state index is 13.3. The number of rotatable bonds is 6. The first kappa shape index (κ1) is 21.5. The van der Waals surface area contributed by atoms with Crippen molar-refractivity contribution in [2.75, 3.05) is 0 Å². The van der Waals surface area contributed by atoms with Crippen LogP contribution in [0.3, 0.4) is 0 Å². The van der Waals surface area contributed by atoms with Gasteiger partial charge in [-0.25, -0.2) is 9.36 Å². The highest BCUT2D eigenvalue weighted by Crippen LogP contribution is 2.17. The van der Waals surface area contributed by atoms with E-state index in [2.05, 4.69) is 5.32 Å². The molecule has 7 nitrogen and oxygen atoms in total.